The molecule has 0 spiro atoms. The van der Waals surface area contributed by atoms with Gasteiger partial charge in [0.05, 0.1) is 0 Å². The van der Waals surface area contributed by atoms with E-state index in [-0.39, 0.29) is 0 Å². The first-order valence-electron chi connectivity index (χ1n) is 8.49. The molecule has 0 rings (SSSR count). The van der Waals surface area contributed by atoms with Gasteiger partial charge in [0, 0.05) is 5.25 Å². The molecular weight excluding hydrogens is 268 g/mol. The molecule has 0 aliphatic rings. The van der Waals surface area contributed by atoms with E-state index in [0.29, 0.717) is 0 Å². The zero-order valence-corrected chi connectivity index (χ0v) is 15.4. The van der Waals surface area contributed by atoms with E-state index in [1.165, 1.54) is 70.6 Å². The first kappa shape index (κ1) is 19.7. The smallest absolute Gasteiger partial charge is 0.0177 e. The van der Waals surface area contributed by atoms with Crippen LogP contribution in [0.15, 0.2) is 0 Å². The molecule has 0 amide bonds. The summed E-state index contributed by atoms with van der Waals surface area (Å²) in [7, 11) is 4.10. The summed E-state index contributed by atoms with van der Waals surface area (Å²) in [6.07, 6.45) is 17.9. The summed E-state index contributed by atoms with van der Waals surface area (Å²) < 4.78 is 0. The van der Waals surface area contributed by atoms with E-state index in [9.17, 15) is 0 Å². The van der Waals surface area contributed by atoms with Crippen LogP contribution in [0, 0.1) is 5.92 Å². The standard InChI is InChI=1S/C17H36S2/c1-5-8-10-12-14-16(15-13-11-9-6-2)17(7-3)19-18-4/h16-17H,5-15H2,1-4H3. The second kappa shape index (κ2) is 15.1. The first-order valence-corrected chi connectivity index (χ1v) is 11.1. The number of unbranched alkanes of at least 4 members (excludes halogenated alkanes) is 6. The van der Waals surface area contributed by atoms with Crippen molar-refractivity contribution in [1.82, 2.24) is 0 Å². The molecule has 0 saturated carbocycles. The summed E-state index contributed by atoms with van der Waals surface area (Å²) in [5.41, 5.74) is 0. The van der Waals surface area contributed by atoms with E-state index >= 15 is 0 Å². The van der Waals surface area contributed by atoms with Gasteiger partial charge in [-0.3, -0.25) is 0 Å². The molecule has 19 heavy (non-hydrogen) atoms. The highest BCUT2D eigenvalue weighted by Gasteiger charge is 2.19. The van der Waals surface area contributed by atoms with Gasteiger partial charge in [0.2, 0.25) is 0 Å². The number of hydrogen-bond acceptors (Lipinski definition) is 2. The molecule has 0 saturated heterocycles. The normalized spacial score (nSPS) is 13.1. The second-order valence-corrected chi connectivity index (χ2v) is 8.38. The zero-order chi connectivity index (χ0) is 14.3. The molecule has 0 aromatic carbocycles. The van der Waals surface area contributed by atoms with E-state index in [1.54, 1.807) is 0 Å². The van der Waals surface area contributed by atoms with Gasteiger partial charge in [-0.15, -0.1) is 0 Å². The maximum Gasteiger partial charge on any atom is 0.0177 e. The van der Waals surface area contributed by atoms with Crippen LogP contribution in [0.1, 0.15) is 91.4 Å². The van der Waals surface area contributed by atoms with E-state index in [1.807, 2.05) is 10.8 Å². The molecule has 0 nitrogen and oxygen atoms in total. The minimum atomic E-state index is 0.887. The van der Waals surface area contributed by atoms with E-state index in [2.05, 4.69) is 37.8 Å². The average Bonchev–Trinajstić information content (AvgIpc) is 2.43. The van der Waals surface area contributed by atoms with E-state index in [4.69, 9.17) is 0 Å². The van der Waals surface area contributed by atoms with Crippen LogP contribution >= 0.6 is 21.6 Å². The van der Waals surface area contributed by atoms with Gasteiger partial charge < -0.3 is 0 Å². The molecule has 0 aromatic rings. The lowest BCUT2D eigenvalue weighted by Crippen LogP contribution is -2.16. The second-order valence-electron chi connectivity index (χ2n) is 5.67. The zero-order valence-electron chi connectivity index (χ0n) is 13.7. The summed E-state index contributed by atoms with van der Waals surface area (Å²) in [6, 6.07) is 0. The number of rotatable bonds is 14. The quantitative estimate of drug-likeness (QED) is 0.243. The van der Waals surface area contributed by atoms with Crippen LogP contribution in [-0.2, 0) is 0 Å². The Morgan fingerprint density at radius 2 is 1.26 bits per heavy atom. The van der Waals surface area contributed by atoms with Crippen molar-refractivity contribution in [2.24, 2.45) is 5.92 Å². The summed E-state index contributed by atoms with van der Waals surface area (Å²) >= 11 is 0. The molecule has 0 N–H and O–H groups in total. The fourth-order valence-corrected chi connectivity index (χ4v) is 5.22. The summed E-state index contributed by atoms with van der Waals surface area (Å²) in [5.74, 6) is 0.969. The fraction of sp³-hybridized carbons (Fsp3) is 1.00. The van der Waals surface area contributed by atoms with Crippen LogP contribution in [0.25, 0.3) is 0 Å². The fourth-order valence-electron chi connectivity index (χ4n) is 2.79. The maximum atomic E-state index is 2.37. The van der Waals surface area contributed by atoms with Crippen molar-refractivity contribution in [2.75, 3.05) is 6.26 Å². The van der Waals surface area contributed by atoms with E-state index < -0.39 is 0 Å². The molecule has 2 heteroatoms. The molecule has 116 valence electrons. The monoisotopic (exact) mass is 304 g/mol. The summed E-state index contributed by atoms with van der Waals surface area (Å²) in [6.45, 7) is 6.99. The van der Waals surface area contributed by atoms with Crippen LogP contribution in [0.2, 0.25) is 0 Å². The van der Waals surface area contributed by atoms with Gasteiger partial charge in [-0.2, -0.15) is 0 Å². The van der Waals surface area contributed by atoms with Crippen molar-refractivity contribution in [3.63, 3.8) is 0 Å². The van der Waals surface area contributed by atoms with Gasteiger partial charge >= 0.3 is 0 Å². The Bertz CT molecular complexity index is 159. The molecule has 0 aromatic heterocycles. The van der Waals surface area contributed by atoms with Crippen molar-refractivity contribution in [1.29, 1.82) is 0 Å². The largest absolute Gasteiger partial charge is 0.0973 e. The van der Waals surface area contributed by atoms with Gasteiger partial charge in [0.1, 0.15) is 0 Å². The predicted octanol–water partition coefficient (Wildman–Crippen LogP) is 7.33. The predicted molar refractivity (Wildman–Crippen MR) is 96.2 cm³/mol. The Kier molecular flexibility index (Phi) is 15.7. The van der Waals surface area contributed by atoms with Gasteiger partial charge in [-0.05, 0) is 31.4 Å². The molecule has 0 heterocycles. The molecule has 1 unspecified atom stereocenters. The van der Waals surface area contributed by atoms with Gasteiger partial charge in [0.15, 0.2) is 0 Å². The first-order chi connectivity index (χ1) is 9.29. The molecule has 0 aliphatic heterocycles. The average molecular weight is 305 g/mol. The van der Waals surface area contributed by atoms with Gasteiger partial charge in [-0.25, -0.2) is 0 Å². The van der Waals surface area contributed by atoms with Crippen molar-refractivity contribution >= 4 is 21.6 Å². The van der Waals surface area contributed by atoms with Crippen molar-refractivity contribution in [2.45, 2.75) is 96.7 Å². The minimum absolute atomic E-state index is 0.887. The highest BCUT2D eigenvalue weighted by Crippen LogP contribution is 2.36. The third-order valence-corrected chi connectivity index (χ3v) is 6.48. The molecule has 1 atom stereocenters. The Balaban J connectivity index is 4.03. The molecule has 0 aliphatic carbocycles. The summed E-state index contributed by atoms with van der Waals surface area (Å²) in [5, 5.41) is 0.887. The lowest BCUT2D eigenvalue weighted by atomic mass is 9.90. The third-order valence-electron chi connectivity index (χ3n) is 4.00. The number of hydrogen-bond donors (Lipinski definition) is 0. The molecular formula is C17H36S2. The van der Waals surface area contributed by atoms with Crippen molar-refractivity contribution in [3.05, 3.63) is 0 Å². The topological polar surface area (TPSA) is 0 Å². The van der Waals surface area contributed by atoms with E-state index in [0.717, 1.165) is 11.2 Å². The van der Waals surface area contributed by atoms with Crippen LogP contribution < -0.4 is 0 Å². The lowest BCUT2D eigenvalue weighted by molar-refractivity contribution is 0.390. The summed E-state index contributed by atoms with van der Waals surface area (Å²) in [4.78, 5) is 0. The molecule has 0 fully saturated rings. The van der Waals surface area contributed by atoms with Gasteiger partial charge in [-0.1, -0.05) is 93.7 Å². The Hall–Kier alpha value is 0.700. The SMILES string of the molecule is CCCCCCC(CCCCCC)C(CC)SSC. The van der Waals surface area contributed by atoms with Crippen molar-refractivity contribution < 1.29 is 0 Å². The highest BCUT2D eigenvalue weighted by atomic mass is 33.1. The Labute approximate surface area is 130 Å². The lowest BCUT2D eigenvalue weighted by Gasteiger charge is -2.25. The minimum Gasteiger partial charge on any atom is -0.0973 e. The Morgan fingerprint density at radius 1 is 0.737 bits per heavy atom. The van der Waals surface area contributed by atoms with Crippen molar-refractivity contribution in [3.8, 4) is 0 Å². The van der Waals surface area contributed by atoms with Crippen LogP contribution in [0.5, 0.6) is 0 Å². The molecule has 0 radical (unpaired) electrons. The van der Waals surface area contributed by atoms with Crippen LogP contribution in [-0.4, -0.2) is 11.5 Å². The van der Waals surface area contributed by atoms with Crippen LogP contribution in [0.4, 0.5) is 0 Å². The van der Waals surface area contributed by atoms with Crippen LogP contribution in [0.3, 0.4) is 0 Å². The highest BCUT2D eigenvalue weighted by molar-refractivity contribution is 8.76. The third kappa shape index (κ3) is 11.1. The maximum absolute atomic E-state index is 2.37. The molecule has 0 bridgehead atoms. The van der Waals surface area contributed by atoms with Gasteiger partial charge in [0.25, 0.3) is 0 Å². The Morgan fingerprint density at radius 3 is 1.63 bits per heavy atom.